The van der Waals surface area contributed by atoms with Crippen LogP contribution in [0.4, 0.5) is 4.79 Å². The topological polar surface area (TPSA) is 63.5 Å². The lowest BCUT2D eigenvalue weighted by atomic mass is 9.96. The molecule has 26 heavy (non-hydrogen) atoms. The van der Waals surface area contributed by atoms with Gasteiger partial charge in [0.1, 0.15) is 11.6 Å². The van der Waals surface area contributed by atoms with Crippen LogP contribution in [0.2, 0.25) is 0 Å². The Labute approximate surface area is 155 Å². The minimum absolute atomic E-state index is 0.163. The van der Waals surface area contributed by atoms with Gasteiger partial charge in [0.05, 0.1) is 13.2 Å². The van der Waals surface area contributed by atoms with Gasteiger partial charge in [-0.2, -0.15) is 0 Å². The molecular weight excluding hydrogens is 330 g/mol. The molecule has 1 aromatic heterocycles. The standard InChI is InChI=1S/C19H31N5O2/c1-2-13-26-19(25)23-11-7-15(8-12-23)18-21-20-17(24(18)16-5-6-16)14-22-9-3-4-10-22/h15-16H,2-14H2,1H3. The molecule has 7 nitrogen and oxygen atoms in total. The molecule has 1 aliphatic carbocycles. The van der Waals surface area contributed by atoms with Crippen LogP contribution in [0.15, 0.2) is 0 Å². The molecule has 3 aliphatic rings. The molecule has 3 heterocycles. The average Bonchev–Trinajstić information content (AvgIpc) is 3.21. The minimum Gasteiger partial charge on any atom is -0.449 e. The van der Waals surface area contributed by atoms with Crippen molar-refractivity contribution in [3.8, 4) is 0 Å². The van der Waals surface area contributed by atoms with Crippen molar-refractivity contribution in [2.75, 3.05) is 32.8 Å². The van der Waals surface area contributed by atoms with Crippen LogP contribution in [-0.2, 0) is 11.3 Å². The molecule has 3 fully saturated rings. The first-order chi connectivity index (χ1) is 12.8. The van der Waals surface area contributed by atoms with E-state index in [1.807, 2.05) is 11.8 Å². The highest BCUT2D eigenvalue weighted by Gasteiger charge is 2.34. The molecule has 1 saturated carbocycles. The molecular formula is C19H31N5O2. The zero-order chi connectivity index (χ0) is 17.9. The summed E-state index contributed by atoms with van der Waals surface area (Å²) in [6.07, 6.45) is 7.72. The molecule has 0 atom stereocenters. The van der Waals surface area contributed by atoms with Crippen molar-refractivity contribution >= 4 is 6.09 Å². The van der Waals surface area contributed by atoms with Crippen LogP contribution >= 0.6 is 0 Å². The molecule has 1 aromatic rings. The van der Waals surface area contributed by atoms with E-state index in [0.29, 0.717) is 18.6 Å². The first kappa shape index (κ1) is 17.8. The van der Waals surface area contributed by atoms with Gasteiger partial charge in [0.15, 0.2) is 0 Å². The van der Waals surface area contributed by atoms with Crippen molar-refractivity contribution in [1.82, 2.24) is 24.6 Å². The quantitative estimate of drug-likeness (QED) is 0.779. The Bertz CT molecular complexity index is 613. The zero-order valence-corrected chi connectivity index (χ0v) is 15.9. The van der Waals surface area contributed by atoms with Gasteiger partial charge in [0, 0.05) is 25.0 Å². The summed E-state index contributed by atoms with van der Waals surface area (Å²) in [6.45, 7) is 7.35. The number of amides is 1. The van der Waals surface area contributed by atoms with Crippen LogP contribution in [0.5, 0.6) is 0 Å². The fraction of sp³-hybridized carbons (Fsp3) is 0.842. The van der Waals surface area contributed by atoms with E-state index in [0.717, 1.165) is 50.5 Å². The summed E-state index contributed by atoms with van der Waals surface area (Å²) in [6, 6.07) is 0.602. The van der Waals surface area contributed by atoms with Gasteiger partial charge >= 0.3 is 6.09 Å². The van der Waals surface area contributed by atoms with Crippen molar-refractivity contribution in [3.05, 3.63) is 11.6 Å². The summed E-state index contributed by atoms with van der Waals surface area (Å²) >= 11 is 0. The second-order valence-corrected chi connectivity index (χ2v) is 7.93. The van der Waals surface area contributed by atoms with Crippen molar-refractivity contribution < 1.29 is 9.53 Å². The van der Waals surface area contributed by atoms with Gasteiger partial charge < -0.3 is 14.2 Å². The van der Waals surface area contributed by atoms with Crippen molar-refractivity contribution in [1.29, 1.82) is 0 Å². The van der Waals surface area contributed by atoms with Gasteiger partial charge in [-0.15, -0.1) is 10.2 Å². The number of carbonyl (C=O) groups excluding carboxylic acids is 1. The highest BCUT2D eigenvalue weighted by atomic mass is 16.6. The Balaban J connectivity index is 1.40. The Kier molecular flexibility index (Phi) is 5.43. The number of nitrogens with zero attached hydrogens (tertiary/aromatic N) is 5. The molecule has 0 radical (unpaired) electrons. The van der Waals surface area contributed by atoms with Crippen molar-refractivity contribution in [2.45, 2.75) is 70.4 Å². The summed E-state index contributed by atoms with van der Waals surface area (Å²) in [4.78, 5) is 16.4. The van der Waals surface area contributed by atoms with Gasteiger partial charge in [-0.05, 0) is 58.0 Å². The number of carbonyl (C=O) groups is 1. The molecule has 0 unspecified atom stereocenters. The van der Waals surface area contributed by atoms with E-state index in [-0.39, 0.29) is 6.09 Å². The summed E-state index contributed by atoms with van der Waals surface area (Å²) in [5, 5.41) is 9.19. The molecule has 0 spiro atoms. The third-order valence-electron chi connectivity index (χ3n) is 5.82. The van der Waals surface area contributed by atoms with Crippen molar-refractivity contribution in [2.24, 2.45) is 0 Å². The third-order valence-corrected chi connectivity index (χ3v) is 5.82. The van der Waals surface area contributed by atoms with E-state index in [1.54, 1.807) is 0 Å². The van der Waals surface area contributed by atoms with E-state index in [1.165, 1.54) is 38.8 Å². The molecule has 0 bridgehead atoms. The molecule has 0 aromatic carbocycles. The highest BCUT2D eigenvalue weighted by molar-refractivity contribution is 5.67. The van der Waals surface area contributed by atoms with Gasteiger partial charge in [0.25, 0.3) is 0 Å². The predicted octanol–water partition coefficient (Wildman–Crippen LogP) is 2.93. The van der Waals surface area contributed by atoms with E-state index in [9.17, 15) is 4.79 Å². The maximum Gasteiger partial charge on any atom is 0.409 e. The van der Waals surface area contributed by atoms with Gasteiger partial charge in [0.2, 0.25) is 0 Å². The summed E-state index contributed by atoms with van der Waals surface area (Å²) in [5.41, 5.74) is 0. The lowest BCUT2D eigenvalue weighted by molar-refractivity contribution is 0.0921. The predicted molar refractivity (Wildman–Crippen MR) is 98.0 cm³/mol. The third kappa shape index (κ3) is 3.87. The smallest absolute Gasteiger partial charge is 0.409 e. The zero-order valence-electron chi connectivity index (χ0n) is 15.9. The lowest BCUT2D eigenvalue weighted by Crippen LogP contribution is -2.38. The molecule has 4 rings (SSSR count). The fourth-order valence-electron chi connectivity index (χ4n) is 4.20. The largest absolute Gasteiger partial charge is 0.449 e. The van der Waals surface area contributed by atoms with Gasteiger partial charge in [-0.3, -0.25) is 4.90 Å². The summed E-state index contributed by atoms with van der Waals surface area (Å²) in [7, 11) is 0. The number of ether oxygens (including phenoxy) is 1. The summed E-state index contributed by atoms with van der Waals surface area (Å²) in [5.74, 6) is 2.71. The van der Waals surface area contributed by atoms with Crippen LogP contribution in [0, 0.1) is 0 Å². The molecule has 144 valence electrons. The minimum atomic E-state index is -0.163. The van der Waals surface area contributed by atoms with Crippen molar-refractivity contribution in [3.63, 3.8) is 0 Å². The fourth-order valence-corrected chi connectivity index (χ4v) is 4.20. The molecule has 2 aliphatic heterocycles. The van der Waals surface area contributed by atoms with Gasteiger partial charge in [-0.25, -0.2) is 4.79 Å². The lowest BCUT2D eigenvalue weighted by Gasteiger charge is -2.31. The normalized spacial score (nSPS) is 22.1. The number of hydrogen-bond donors (Lipinski definition) is 0. The monoisotopic (exact) mass is 361 g/mol. The molecule has 7 heteroatoms. The number of piperidine rings is 1. The van der Waals surface area contributed by atoms with Crippen LogP contribution in [0.3, 0.4) is 0 Å². The SMILES string of the molecule is CCCOC(=O)N1CCC(c2nnc(CN3CCCC3)n2C2CC2)CC1. The molecule has 0 N–H and O–H groups in total. The first-order valence-corrected chi connectivity index (χ1v) is 10.3. The second kappa shape index (κ2) is 7.94. The number of likely N-dealkylation sites (tertiary alicyclic amines) is 2. The Morgan fingerprint density at radius 3 is 2.46 bits per heavy atom. The van der Waals surface area contributed by atoms with Crippen LogP contribution < -0.4 is 0 Å². The van der Waals surface area contributed by atoms with Crippen LogP contribution in [0.25, 0.3) is 0 Å². The Morgan fingerprint density at radius 2 is 1.81 bits per heavy atom. The van der Waals surface area contributed by atoms with E-state index >= 15 is 0 Å². The van der Waals surface area contributed by atoms with E-state index in [2.05, 4.69) is 19.7 Å². The van der Waals surface area contributed by atoms with E-state index < -0.39 is 0 Å². The van der Waals surface area contributed by atoms with Crippen LogP contribution in [-0.4, -0.2) is 63.4 Å². The molecule has 1 amide bonds. The van der Waals surface area contributed by atoms with E-state index in [4.69, 9.17) is 4.74 Å². The number of hydrogen-bond acceptors (Lipinski definition) is 5. The Hall–Kier alpha value is -1.63. The summed E-state index contributed by atoms with van der Waals surface area (Å²) < 4.78 is 7.71. The Morgan fingerprint density at radius 1 is 1.08 bits per heavy atom. The first-order valence-electron chi connectivity index (χ1n) is 10.3. The highest BCUT2D eigenvalue weighted by Crippen LogP contribution is 2.40. The maximum absolute atomic E-state index is 12.0. The molecule has 2 saturated heterocycles. The average molecular weight is 361 g/mol. The van der Waals surface area contributed by atoms with Crippen LogP contribution in [0.1, 0.15) is 75.5 Å². The number of rotatable bonds is 6. The van der Waals surface area contributed by atoms with Gasteiger partial charge in [-0.1, -0.05) is 6.92 Å². The second-order valence-electron chi connectivity index (χ2n) is 7.93. The maximum atomic E-state index is 12.0. The number of aromatic nitrogens is 3.